The fourth-order valence-electron chi connectivity index (χ4n) is 1.24. The highest BCUT2D eigenvalue weighted by atomic mass is 16.1. The van der Waals surface area contributed by atoms with Gasteiger partial charge in [-0.1, -0.05) is 0 Å². The van der Waals surface area contributed by atoms with Gasteiger partial charge in [0.2, 0.25) is 5.91 Å². The highest BCUT2D eigenvalue weighted by Crippen LogP contribution is 2.06. The number of carbonyl (C=O) groups is 1. The predicted molar refractivity (Wildman–Crippen MR) is 65.7 cm³/mol. The minimum Gasteiger partial charge on any atom is -0.391 e. The van der Waals surface area contributed by atoms with Crippen LogP contribution in [0.5, 0.6) is 0 Å². The minimum atomic E-state index is -0.394. The van der Waals surface area contributed by atoms with Gasteiger partial charge in [-0.3, -0.25) is 9.59 Å². The number of hydrogen-bond donors (Lipinski definition) is 4. The molecule has 0 aliphatic rings. The van der Waals surface area contributed by atoms with Crippen LogP contribution in [0.15, 0.2) is 11.1 Å². The molecule has 17 heavy (non-hydrogen) atoms. The van der Waals surface area contributed by atoms with Crippen molar-refractivity contribution in [2.75, 3.05) is 17.6 Å². The maximum atomic E-state index is 11.3. The Hall–Kier alpha value is -2.05. The van der Waals surface area contributed by atoms with Crippen LogP contribution in [0.4, 0.5) is 11.5 Å². The van der Waals surface area contributed by atoms with Gasteiger partial charge in [-0.25, -0.2) is 4.98 Å². The maximum Gasteiger partial charge on any atom is 0.276 e. The Labute approximate surface area is 98.8 Å². The first-order valence-corrected chi connectivity index (χ1v) is 5.37. The van der Waals surface area contributed by atoms with Gasteiger partial charge in [0.05, 0.1) is 6.33 Å². The van der Waals surface area contributed by atoms with Gasteiger partial charge in [0, 0.05) is 19.0 Å². The normalized spacial score (nSPS) is 10.3. The van der Waals surface area contributed by atoms with Crippen molar-refractivity contribution in [3.8, 4) is 0 Å². The number of nitrogen functional groups attached to an aromatic ring is 1. The summed E-state index contributed by atoms with van der Waals surface area (Å²) < 4.78 is 0. The molecule has 0 unspecified atom stereocenters. The molecule has 0 fully saturated rings. The summed E-state index contributed by atoms with van der Waals surface area (Å²) in [6.45, 7) is 4.16. The quantitative estimate of drug-likeness (QED) is 0.562. The number of nitrogens with zero attached hydrogens (tertiary/aromatic N) is 1. The van der Waals surface area contributed by atoms with E-state index in [2.05, 4.69) is 20.6 Å². The largest absolute Gasteiger partial charge is 0.391 e. The van der Waals surface area contributed by atoms with E-state index in [-0.39, 0.29) is 17.6 Å². The second kappa shape index (κ2) is 5.88. The summed E-state index contributed by atoms with van der Waals surface area (Å²) in [7, 11) is 0. The van der Waals surface area contributed by atoms with Gasteiger partial charge in [-0.05, 0) is 13.8 Å². The molecular formula is C10H17N5O2. The van der Waals surface area contributed by atoms with Crippen LogP contribution in [0, 0.1) is 0 Å². The second-order valence-electron chi connectivity index (χ2n) is 3.89. The third kappa shape index (κ3) is 4.13. The van der Waals surface area contributed by atoms with Gasteiger partial charge in [-0.15, -0.1) is 0 Å². The number of hydrogen-bond acceptors (Lipinski definition) is 5. The van der Waals surface area contributed by atoms with Gasteiger partial charge in [0.15, 0.2) is 5.82 Å². The smallest absolute Gasteiger partial charge is 0.276 e. The van der Waals surface area contributed by atoms with E-state index in [4.69, 9.17) is 5.73 Å². The van der Waals surface area contributed by atoms with Crippen LogP contribution < -0.4 is 21.9 Å². The molecule has 94 valence electrons. The van der Waals surface area contributed by atoms with E-state index in [1.165, 1.54) is 6.33 Å². The van der Waals surface area contributed by atoms with Crippen LogP contribution >= 0.6 is 0 Å². The highest BCUT2D eigenvalue weighted by molar-refractivity contribution is 5.76. The summed E-state index contributed by atoms with van der Waals surface area (Å²) in [5, 5.41) is 5.60. The zero-order chi connectivity index (χ0) is 12.8. The lowest BCUT2D eigenvalue weighted by Gasteiger charge is -2.09. The van der Waals surface area contributed by atoms with Gasteiger partial charge < -0.3 is 21.4 Å². The lowest BCUT2D eigenvalue weighted by molar-refractivity contribution is -0.121. The first-order chi connectivity index (χ1) is 8.00. The van der Waals surface area contributed by atoms with Crippen LogP contribution in [0.1, 0.15) is 20.3 Å². The number of nitrogens with two attached hydrogens (primary N) is 1. The molecule has 7 heteroatoms. The van der Waals surface area contributed by atoms with Crippen molar-refractivity contribution in [3.05, 3.63) is 16.7 Å². The number of H-pyrrole nitrogens is 1. The standard InChI is InChI=1S/C10H17N5O2/c1-6(2)15-7(16)3-4-12-9-8(11)10(17)14-5-13-9/h5-6H,3-4,11H2,1-2H3,(H,15,16)(H2,12,13,14,17). The summed E-state index contributed by atoms with van der Waals surface area (Å²) in [4.78, 5) is 28.7. The fourth-order valence-corrected chi connectivity index (χ4v) is 1.24. The molecule has 7 nitrogen and oxygen atoms in total. The Morgan fingerprint density at radius 3 is 2.94 bits per heavy atom. The second-order valence-corrected chi connectivity index (χ2v) is 3.89. The van der Waals surface area contributed by atoms with Crippen molar-refractivity contribution < 1.29 is 4.79 Å². The molecule has 0 saturated carbocycles. The van der Waals surface area contributed by atoms with Gasteiger partial charge in [0.25, 0.3) is 5.56 Å². The van der Waals surface area contributed by atoms with Crippen LogP contribution in [-0.2, 0) is 4.79 Å². The molecule has 1 rings (SSSR count). The van der Waals surface area contributed by atoms with E-state index < -0.39 is 5.56 Å². The average molecular weight is 239 g/mol. The number of anilines is 2. The molecule has 1 aromatic heterocycles. The van der Waals surface area contributed by atoms with Crippen LogP contribution in [0.3, 0.4) is 0 Å². The number of aromatic amines is 1. The molecule has 1 aromatic rings. The number of carbonyl (C=O) groups excluding carboxylic acids is 1. The van der Waals surface area contributed by atoms with E-state index in [0.717, 1.165) is 0 Å². The number of rotatable bonds is 5. The third-order valence-corrected chi connectivity index (χ3v) is 1.98. The molecule has 1 heterocycles. The molecule has 0 bridgehead atoms. The van der Waals surface area contributed by atoms with Crippen molar-refractivity contribution in [1.29, 1.82) is 0 Å². The maximum absolute atomic E-state index is 11.3. The minimum absolute atomic E-state index is 0.0248. The van der Waals surface area contributed by atoms with E-state index in [1.54, 1.807) is 0 Å². The highest BCUT2D eigenvalue weighted by Gasteiger charge is 2.06. The lowest BCUT2D eigenvalue weighted by Crippen LogP contribution is -2.31. The Morgan fingerprint density at radius 1 is 1.59 bits per heavy atom. The van der Waals surface area contributed by atoms with Crippen molar-refractivity contribution in [1.82, 2.24) is 15.3 Å². The summed E-state index contributed by atoms with van der Waals surface area (Å²) in [5.41, 5.74) is 5.14. The Balaban J connectivity index is 2.44. The first kappa shape index (κ1) is 13.0. The molecular weight excluding hydrogens is 222 g/mol. The Kier molecular flexibility index (Phi) is 4.50. The molecule has 0 spiro atoms. The van der Waals surface area contributed by atoms with E-state index in [9.17, 15) is 9.59 Å². The topological polar surface area (TPSA) is 113 Å². The van der Waals surface area contributed by atoms with E-state index in [0.29, 0.717) is 18.8 Å². The summed E-state index contributed by atoms with van der Waals surface area (Å²) in [6, 6.07) is 0.116. The van der Waals surface area contributed by atoms with Crippen molar-refractivity contribution in [3.63, 3.8) is 0 Å². The molecule has 5 N–H and O–H groups in total. The molecule has 0 radical (unpaired) electrons. The summed E-state index contributed by atoms with van der Waals surface area (Å²) >= 11 is 0. The molecule has 0 atom stereocenters. The zero-order valence-electron chi connectivity index (χ0n) is 9.91. The van der Waals surface area contributed by atoms with Crippen LogP contribution in [-0.4, -0.2) is 28.5 Å². The Bertz CT molecular complexity index is 441. The number of nitrogens with one attached hydrogen (secondary N) is 3. The zero-order valence-corrected chi connectivity index (χ0v) is 9.91. The summed E-state index contributed by atoms with van der Waals surface area (Å²) in [5.74, 6) is 0.238. The van der Waals surface area contributed by atoms with Gasteiger partial charge in [0.1, 0.15) is 5.69 Å². The molecule has 0 saturated heterocycles. The lowest BCUT2D eigenvalue weighted by atomic mass is 10.3. The Morgan fingerprint density at radius 2 is 2.29 bits per heavy atom. The van der Waals surface area contributed by atoms with Crippen molar-refractivity contribution >= 4 is 17.4 Å². The van der Waals surface area contributed by atoms with E-state index >= 15 is 0 Å². The van der Waals surface area contributed by atoms with Gasteiger partial charge in [-0.2, -0.15) is 0 Å². The molecule has 0 aliphatic carbocycles. The predicted octanol–water partition coefficient (Wildman–Crippen LogP) is -0.321. The molecule has 0 aromatic carbocycles. The van der Waals surface area contributed by atoms with Crippen molar-refractivity contribution in [2.24, 2.45) is 0 Å². The molecule has 0 aliphatic heterocycles. The van der Waals surface area contributed by atoms with Crippen LogP contribution in [0.25, 0.3) is 0 Å². The average Bonchev–Trinajstić information content (AvgIpc) is 2.23. The van der Waals surface area contributed by atoms with Crippen LogP contribution in [0.2, 0.25) is 0 Å². The SMILES string of the molecule is CC(C)NC(=O)CCNc1nc[nH]c(=O)c1N. The van der Waals surface area contributed by atoms with Crippen molar-refractivity contribution in [2.45, 2.75) is 26.3 Å². The number of amides is 1. The van der Waals surface area contributed by atoms with Gasteiger partial charge >= 0.3 is 0 Å². The fraction of sp³-hybridized carbons (Fsp3) is 0.500. The third-order valence-electron chi connectivity index (χ3n) is 1.98. The first-order valence-electron chi connectivity index (χ1n) is 5.37. The molecule has 1 amide bonds. The summed E-state index contributed by atoms with van der Waals surface area (Å²) in [6.07, 6.45) is 1.56. The van der Waals surface area contributed by atoms with E-state index in [1.807, 2.05) is 13.8 Å². The monoisotopic (exact) mass is 239 g/mol. The number of aromatic nitrogens is 2.